The van der Waals surface area contributed by atoms with Crippen LogP contribution < -0.4 is 5.73 Å². The number of imidazole rings is 1. The molecule has 322 valence electrons. The number of rotatable bonds is 15. The van der Waals surface area contributed by atoms with Crippen molar-refractivity contribution in [2.24, 2.45) is 0 Å². The SMILES string of the molecule is CC(=O)OCC(OC(C)=O)[C@H]1O[C@@H](OP(=O)(O)OP(=O)(O)OC[C@H]2O[C@@H](n3cnc4c(N)ncnc43)[C@@H]3OC(C)(C)O[C@@H]32)[C@@H](OC(C)=O)[C@@H](OC(C)=O)[C@@H]1OC(C)=O. The highest BCUT2D eigenvalue weighted by molar-refractivity contribution is 7.61. The smallest absolute Gasteiger partial charge is 0.462 e. The van der Waals surface area contributed by atoms with Crippen LogP contribution in [0.25, 0.3) is 11.2 Å². The predicted octanol–water partition coefficient (Wildman–Crippen LogP) is 0.0914. The molecule has 0 aliphatic carbocycles. The molecule has 0 saturated carbocycles. The Bertz CT molecular complexity index is 2000. The lowest BCUT2D eigenvalue weighted by Gasteiger charge is -2.45. The molecule has 26 nitrogen and oxygen atoms in total. The molecule has 12 atom stereocenters. The first-order valence-electron chi connectivity index (χ1n) is 17.1. The van der Waals surface area contributed by atoms with Gasteiger partial charge in [0.1, 0.15) is 42.9 Å². The minimum atomic E-state index is -5.91. The first-order chi connectivity index (χ1) is 27.0. The van der Waals surface area contributed by atoms with Gasteiger partial charge in [0, 0.05) is 34.6 Å². The normalized spacial score (nSPS) is 30.3. The molecule has 3 aliphatic heterocycles. The third-order valence-corrected chi connectivity index (χ3v) is 10.8. The molecule has 0 bridgehead atoms. The number of hydrogen-bond donors (Lipinski definition) is 3. The van der Waals surface area contributed by atoms with Gasteiger partial charge in [0.2, 0.25) is 6.29 Å². The van der Waals surface area contributed by atoms with Gasteiger partial charge in [0.05, 0.1) is 12.9 Å². The third-order valence-electron chi connectivity index (χ3n) is 8.20. The highest BCUT2D eigenvalue weighted by Crippen LogP contribution is 2.62. The zero-order chi connectivity index (χ0) is 42.9. The standard InChI is InChI=1S/C30H41N5O21P2/c1-12(36)45-8-17(47-13(2)37)20-22(48-14(3)38)23(49-15(4)39)25(50-16(5)40)29(52-20)55-58(43,44)56-57(41,42)46-9-18-21-24(54-30(6,7)53-21)28(51-18)35-11-34-19-26(31)32-10-33-27(19)35/h10-11,17-18,20-25,28-29H,8-9H2,1-7H3,(H,41,42)(H,43,44)(H2,31,32,33)/t17?,18-,20-,21-,22-,23+,24-,25+,28-,29+/m1/s1. The van der Waals surface area contributed by atoms with Gasteiger partial charge in [-0.3, -0.25) is 37.6 Å². The number of hydrogen-bond acceptors (Lipinski definition) is 23. The summed E-state index contributed by atoms with van der Waals surface area (Å²) < 4.78 is 92.6. The van der Waals surface area contributed by atoms with Gasteiger partial charge >= 0.3 is 45.5 Å². The molecule has 3 aliphatic rings. The van der Waals surface area contributed by atoms with E-state index in [2.05, 4.69) is 19.3 Å². The molecule has 4 N–H and O–H groups in total. The van der Waals surface area contributed by atoms with Crippen molar-refractivity contribution >= 4 is 62.5 Å². The highest BCUT2D eigenvalue weighted by atomic mass is 31.3. The number of carbonyl (C=O) groups excluding carboxylic acids is 5. The molecule has 0 amide bonds. The minimum absolute atomic E-state index is 0.0850. The largest absolute Gasteiger partial charge is 0.483 e. The fourth-order valence-electron chi connectivity index (χ4n) is 6.34. The fraction of sp³-hybridized carbons (Fsp3) is 0.667. The summed E-state index contributed by atoms with van der Waals surface area (Å²) in [4.78, 5) is 94.2. The van der Waals surface area contributed by atoms with Gasteiger partial charge in [-0.2, -0.15) is 4.31 Å². The Morgan fingerprint density at radius 2 is 1.47 bits per heavy atom. The van der Waals surface area contributed by atoms with Crippen molar-refractivity contribution in [2.45, 2.75) is 116 Å². The number of phosphoric ester groups is 2. The Hall–Kier alpha value is -4.20. The Labute approximate surface area is 327 Å². The van der Waals surface area contributed by atoms with Gasteiger partial charge in [-0.05, 0) is 13.8 Å². The van der Waals surface area contributed by atoms with Crippen molar-refractivity contribution in [1.29, 1.82) is 0 Å². The average Bonchev–Trinajstić information content (AvgIpc) is 3.74. The van der Waals surface area contributed by atoms with Crippen LogP contribution >= 0.6 is 15.6 Å². The number of ether oxygens (including phenoxy) is 9. The summed E-state index contributed by atoms with van der Waals surface area (Å²) in [5.74, 6) is -6.16. The summed E-state index contributed by atoms with van der Waals surface area (Å²) in [6.07, 6.45) is -13.3. The maximum Gasteiger partial charge on any atom is 0.483 e. The monoisotopic (exact) mass is 869 g/mol. The van der Waals surface area contributed by atoms with Gasteiger partial charge in [0.25, 0.3) is 0 Å². The molecular weight excluding hydrogens is 828 g/mol. The lowest BCUT2D eigenvalue weighted by atomic mass is 9.94. The summed E-state index contributed by atoms with van der Waals surface area (Å²) in [6.45, 7) is 6.30. The highest BCUT2D eigenvalue weighted by Gasteiger charge is 2.59. The number of nitrogens with zero attached hydrogens (tertiary/aromatic N) is 4. The van der Waals surface area contributed by atoms with Gasteiger partial charge in [-0.1, -0.05) is 0 Å². The zero-order valence-electron chi connectivity index (χ0n) is 31.8. The number of esters is 5. The maximum absolute atomic E-state index is 13.4. The zero-order valence-corrected chi connectivity index (χ0v) is 33.5. The molecule has 3 unspecified atom stereocenters. The Kier molecular flexibility index (Phi) is 13.6. The average molecular weight is 870 g/mol. The van der Waals surface area contributed by atoms with E-state index >= 15 is 0 Å². The van der Waals surface area contributed by atoms with E-state index in [1.54, 1.807) is 13.8 Å². The van der Waals surface area contributed by atoms with Crippen LogP contribution in [0.2, 0.25) is 0 Å². The molecule has 2 aromatic heterocycles. The molecule has 0 radical (unpaired) electrons. The number of phosphoric acid groups is 2. The van der Waals surface area contributed by atoms with Crippen LogP contribution in [-0.4, -0.2) is 133 Å². The van der Waals surface area contributed by atoms with E-state index < -0.39 is 126 Å². The number of carbonyl (C=O) groups is 5. The van der Waals surface area contributed by atoms with Crippen molar-refractivity contribution in [1.82, 2.24) is 19.5 Å². The summed E-state index contributed by atoms with van der Waals surface area (Å²) in [6, 6.07) is 0. The third kappa shape index (κ3) is 10.9. The van der Waals surface area contributed by atoms with E-state index in [0.29, 0.717) is 0 Å². The van der Waals surface area contributed by atoms with E-state index in [-0.39, 0.29) is 17.0 Å². The van der Waals surface area contributed by atoms with E-state index in [4.69, 9.17) is 57.4 Å². The number of nitrogens with two attached hydrogens (primary N) is 1. The number of nitrogen functional groups attached to an aromatic ring is 1. The lowest BCUT2D eigenvalue weighted by molar-refractivity contribution is -0.301. The fourth-order valence-corrected chi connectivity index (χ4v) is 8.50. The number of aromatic nitrogens is 4. The molecule has 28 heteroatoms. The second-order valence-corrected chi connectivity index (χ2v) is 16.3. The molecule has 58 heavy (non-hydrogen) atoms. The van der Waals surface area contributed by atoms with Crippen LogP contribution in [0, 0.1) is 0 Å². The second kappa shape index (κ2) is 17.6. The minimum Gasteiger partial charge on any atom is -0.462 e. The topological polar surface area (TPSA) is 340 Å². The first-order valence-corrected chi connectivity index (χ1v) is 20.1. The van der Waals surface area contributed by atoms with E-state index in [9.17, 15) is 42.9 Å². The molecular formula is C30H41N5O21P2. The van der Waals surface area contributed by atoms with Crippen molar-refractivity contribution in [3.05, 3.63) is 12.7 Å². The van der Waals surface area contributed by atoms with E-state index in [1.165, 1.54) is 17.2 Å². The molecule has 5 rings (SSSR count). The van der Waals surface area contributed by atoms with Crippen LogP contribution in [0.15, 0.2) is 12.7 Å². The van der Waals surface area contributed by atoms with Crippen LogP contribution in [0.5, 0.6) is 0 Å². The lowest BCUT2D eigenvalue weighted by Crippen LogP contribution is -2.65. The summed E-state index contributed by atoms with van der Waals surface area (Å²) in [5.41, 5.74) is 6.43. The molecule has 3 saturated heterocycles. The Morgan fingerprint density at radius 3 is 2.09 bits per heavy atom. The van der Waals surface area contributed by atoms with E-state index in [0.717, 1.165) is 34.6 Å². The Balaban J connectivity index is 1.38. The van der Waals surface area contributed by atoms with Gasteiger partial charge in [0.15, 0.2) is 47.9 Å². The quantitative estimate of drug-likeness (QED) is 0.121. The van der Waals surface area contributed by atoms with Crippen molar-refractivity contribution < 1.29 is 98.9 Å². The number of fused-ring (bicyclic) bond motifs is 2. The number of anilines is 1. The van der Waals surface area contributed by atoms with Crippen LogP contribution in [-0.2, 0) is 89.1 Å². The van der Waals surface area contributed by atoms with Crippen LogP contribution in [0.4, 0.5) is 5.82 Å². The molecule has 0 spiro atoms. The van der Waals surface area contributed by atoms with Gasteiger partial charge in [-0.25, -0.2) is 24.1 Å². The molecule has 3 fully saturated rings. The van der Waals surface area contributed by atoms with Crippen molar-refractivity contribution in [3.63, 3.8) is 0 Å². The first kappa shape index (κ1) is 44.9. The van der Waals surface area contributed by atoms with Crippen molar-refractivity contribution in [2.75, 3.05) is 18.9 Å². The van der Waals surface area contributed by atoms with Gasteiger partial charge in [-0.15, -0.1) is 0 Å². The summed E-state index contributed by atoms with van der Waals surface area (Å²) >= 11 is 0. The molecule has 5 heterocycles. The van der Waals surface area contributed by atoms with Crippen LogP contribution in [0.3, 0.4) is 0 Å². The maximum atomic E-state index is 13.4. The van der Waals surface area contributed by atoms with Crippen LogP contribution in [0.1, 0.15) is 54.7 Å². The van der Waals surface area contributed by atoms with Gasteiger partial charge < -0.3 is 58.2 Å². The van der Waals surface area contributed by atoms with Crippen molar-refractivity contribution in [3.8, 4) is 0 Å². The second-order valence-electron chi connectivity index (χ2n) is 13.3. The Morgan fingerprint density at radius 1 is 0.845 bits per heavy atom. The predicted molar refractivity (Wildman–Crippen MR) is 183 cm³/mol. The van der Waals surface area contributed by atoms with E-state index in [1.807, 2.05) is 0 Å². The summed E-state index contributed by atoms with van der Waals surface area (Å²) in [5, 5.41) is 0. The molecule has 0 aromatic carbocycles. The molecule has 2 aromatic rings. The summed E-state index contributed by atoms with van der Waals surface area (Å²) in [7, 11) is -11.5.